The fourth-order valence-corrected chi connectivity index (χ4v) is 3.79. The number of aryl methyl sites for hydroxylation is 1. The van der Waals surface area contributed by atoms with Crippen LogP contribution >= 0.6 is 0 Å². The molecule has 1 aromatic rings. The van der Waals surface area contributed by atoms with Gasteiger partial charge in [-0.05, 0) is 36.8 Å². The van der Waals surface area contributed by atoms with Crippen molar-refractivity contribution in [2.45, 2.75) is 51.0 Å². The van der Waals surface area contributed by atoms with E-state index in [0.29, 0.717) is 42.6 Å². The van der Waals surface area contributed by atoms with Gasteiger partial charge in [0.1, 0.15) is 0 Å². The molecule has 0 aliphatic heterocycles. The Kier molecular flexibility index (Phi) is 8.04. The molecule has 1 atom stereocenters. The molecular formula is C20H32N2O4. The molecule has 0 aromatic heterocycles. The van der Waals surface area contributed by atoms with E-state index in [2.05, 4.69) is 5.32 Å². The van der Waals surface area contributed by atoms with Gasteiger partial charge in [0, 0.05) is 19.0 Å². The Hall–Kier alpha value is -1.95. The standard InChI is InChI=1S/C20H32N2O4/c1-24-17-11-9-15(19(25-2)20(17)26-3)10-12-18(23)22-16(13-21)14-7-5-4-6-8-14/h9,11,14,16H,4-8,10,12-13,21H2,1-3H3,(H,22,23). The number of hydrogen-bond donors (Lipinski definition) is 2. The summed E-state index contributed by atoms with van der Waals surface area (Å²) in [4.78, 5) is 12.4. The van der Waals surface area contributed by atoms with Gasteiger partial charge in [0.2, 0.25) is 11.7 Å². The van der Waals surface area contributed by atoms with Gasteiger partial charge in [0.25, 0.3) is 0 Å². The molecule has 1 saturated carbocycles. The second kappa shape index (κ2) is 10.3. The van der Waals surface area contributed by atoms with Crippen molar-refractivity contribution in [3.8, 4) is 17.2 Å². The number of methoxy groups -OCH3 is 3. The molecule has 1 aliphatic carbocycles. The predicted molar refractivity (Wildman–Crippen MR) is 102 cm³/mol. The second-order valence-electron chi connectivity index (χ2n) is 6.80. The number of carbonyl (C=O) groups is 1. The van der Waals surface area contributed by atoms with Gasteiger partial charge >= 0.3 is 0 Å². The van der Waals surface area contributed by atoms with Gasteiger partial charge in [-0.15, -0.1) is 0 Å². The number of amides is 1. The lowest BCUT2D eigenvalue weighted by molar-refractivity contribution is -0.122. The van der Waals surface area contributed by atoms with E-state index in [1.807, 2.05) is 12.1 Å². The molecule has 3 N–H and O–H groups in total. The SMILES string of the molecule is COc1ccc(CCC(=O)NC(CN)C2CCCCC2)c(OC)c1OC. The zero-order valence-electron chi connectivity index (χ0n) is 16.2. The van der Waals surface area contributed by atoms with Gasteiger partial charge in [0.15, 0.2) is 11.5 Å². The normalized spacial score (nSPS) is 16.0. The molecule has 1 amide bonds. The summed E-state index contributed by atoms with van der Waals surface area (Å²) in [5.74, 6) is 2.31. The summed E-state index contributed by atoms with van der Waals surface area (Å²) in [5, 5.41) is 3.13. The number of nitrogens with one attached hydrogen (secondary N) is 1. The number of carbonyl (C=O) groups excluding carboxylic acids is 1. The molecular weight excluding hydrogens is 332 g/mol. The molecule has 1 aromatic carbocycles. The fraction of sp³-hybridized carbons (Fsp3) is 0.650. The average molecular weight is 364 g/mol. The second-order valence-corrected chi connectivity index (χ2v) is 6.80. The molecule has 0 bridgehead atoms. The summed E-state index contributed by atoms with van der Waals surface area (Å²) in [7, 11) is 4.75. The number of nitrogens with two attached hydrogens (primary N) is 1. The molecule has 6 nitrogen and oxygen atoms in total. The van der Waals surface area contributed by atoms with Crippen LogP contribution in [0.3, 0.4) is 0 Å². The Bertz CT molecular complexity index is 585. The van der Waals surface area contributed by atoms with Crippen LogP contribution in [0.4, 0.5) is 0 Å². The van der Waals surface area contributed by atoms with Crippen LogP contribution in [-0.4, -0.2) is 39.8 Å². The Labute approximate surface area is 156 Å². The third-order valence-electron chi connectivity index (χ3n) is 5.23. The van der Waals surface area contributed by atoms with Crippen molar-refractivity contribution < 1.29 is 19.0 Å². The van der Waals surface area contributed by atoms with Gasteiger partial charge in [-0.25, -0.2) is 0 Å². The van der Waals surface area contributed by atoms with Crippen molar-refractivity contribution in [3.63, 3.8) is 0 Å². The molecule has 2 rings (SSSR count). The first-order chi connectivity index (χ1) is 12.6. The van der Waals surface area contributed by atoms with Crippen LogP contribution < -0.4 is 25.3 Å². The smallest absolute Gasteiger partial charge is 0.220 e. The highest BCUT2D eigenvalue weighted by atomic mass is 16.5. The summed E-state index contributed by atoms with van der Waals surface area (Å²) in [6.45, 7) is 0.496. The molecule has 1 unspecified atom stereocenters. The zero-order valence-corrected chi connectivity index (χ0v) is 16.2. The van der Waals surface area contributed by atoms with Crippen LogP contribution in [0.25, 0.3) is 0 Å². The number of rotatable bonds is 9. The predicted octanol–water partition coefficient (Wildman–Crippen LogP) is 2.67. The van der Waals surface area contributed by atoms with Gasteiger partial charge in [-0.2, -0.15) is 0 Å². The van der Waals surface area contributed by atoms with E-state index in [4.69, 9.17) is 19.9 Å². The maximum Gasteiger partial charge on any atom is 0.220 e. The maximum atomic E-state index is 12.4. The molecule has 0 saturated heterocycles. The van der Waals surface area contributed by atoms with Crippen molar-refractivity contribution in [3.05, 3.63) is 17.7 Å². The van der Waals surface area contributed by atoms with Gasteiger partial charge in [0.05, 0.1) is 21.3 Å². The van der Waals surface area contributed by atoms with Gasteiger partial charge < -0.3 is 25.3 Å². The Balaban J connectivity index is 1.98. The van der Waals surface area contributed by atoms with Crippen molar-refractivity contribution in [1.82, 2.24) is 5.32 Å². The lowest BCUT2D eigenvalue weighted by Gasteiger charge is -2.30. The van der Waals surface area contributed by atoms with Crippen LogP contribution in [0, 0.1) is 5.92 Å². The highest BCUT2D eigenvalue weighted by molar-refractivity contribution is 5.76. The van der Waals surface area contributed by atoms with Crippen LogP contribution in [0.1, 0.15) is 44.1 Å². The first-order valence-corrected chi connectivity index (χ1v) is 9.41. The van der Waals surface area contributed by atoms with E-state index >= 15 is 0 Å². The minimum Gasteiger partial charge on any atom is -0.493 e. The molecule has 0 heterocycles. The van der Waals surface area contributed by atoms with E-state index in [0.717, 1.165) is 18.4 Å². The summed E-state index contributed by atoms with van der Waals surface area (Å²) in [5.41, 5.74) is 6.83. The topological polar surface area (TPSA) is 82.8 Å². The highest BCUT2D eigenvalue weighted by Crippen LogP contribution is 2.40. The summed E-state index contributed by atoms with van der Waals surface area (Å²) in [6, 6.07) is 3.82. The van der Waals surface area contributed by atoms with E-state index in [-0.39, 0.29) is 11.9 Å². The highest BCUT2D eigenvalue weighted by Gasteiger charge is 2.24. The number of hydrogen-bond acceptors (Lipinski definition) is 5. The summed E-state index contributed by atoms with van der Waals surface area (Å²) in [6.07, 6.45) is 7.03. The minimum atomic E-state index is 0.0304. The molecule has 1 aliphatic rings. The largest absolute Gasteiger partial charge is 0.493 e. The van der Waals surface area contributed by atoms with Crippen LogP contribution in [0.15, 0.2) is 12.1 Å². The maximum absolute atomic E-state index is 12.4. The number of benzene rings is 1. The molecule has 26 heavy (non-hydrogen) atoms. The Morgan fingerprint density at radius 3 is 2.38 bits per heavy atom. The first-order valence-electron chi connectivity index (χ1n) is 9.41. The van der Waals surface area contributed by atoms with Crippen molar-refractivity contribution in [2.75, 3.05) is 27.9 Å². The van der Waals surface area contributed by atoms with Crippen molar-refractivity contribution in [2.24, 2.45) is 11.7 Å². The average Bonchev–Trinajstić information content (AvgIpc) is 2.70. The van der Waals surface area contributed by atoms with Gasteiger partial charge in [-0.1, -0.05) is 25.3 Å². The van der Waals surface area contributed by atoms with Crippen molar-refractivity contribution in [1.29, 1.82) is 0 Å². The Morgan fingerprint density at radius 1 is 1.12 bits per heavy atom. The third-order valence-corrected chi connectivity index (χ3v) is 5.23. The van der Waals surface area contributed by atoms with Crippen LogP contribution in [-0.2, 0) is 11.2 Å². The van der Waals surface area contributed by atoms with E-state index < -0.39 is 0 Å². The molecule has 1 fully saturated rings. The van der Waals surface area contributed by atoms with E-state index in [9.17, 15) is 4.79 Å². The van der Waals surface area contributed by atoms with Crippen LogP contribution in [0.2, 0.25) is 0 Å². The fourth-order valence-electron chi connectivity index (χ4n) is 3.79. The monoisotopic (exact) mass is 364 g/mol. The van der Waals surface area contributed by atoms with Gasteiger partial charge in [-0.3, -0.25) is 4.79 Å². The Morgan fingerprint density at radius 2 is 1.81 bits per heavy atom. The lowest BCUT2D eigenvalue weighted by Crippen LogP contribution is -2.46. The van der Waals surface area contributed by atoms with E-state index in [1.54, 1.807) is 21.3 Å². The van der Waals surface area contributed by atoms with Crippen molar-refractivity contribution >= 4 is 5.91 Å². The third kappa shape index (κ3) is 5.04. The zero-order chi connectivity index (χ0) is 18.9. The molecule has 0 radical (unpaired) electrons. The quantitative estimate of drug-likeness (QED) is 0.704. The minimum absolute atomic E-state index is 0.0304. The molecule has 6 heteroatoms. The molecule has 146 valence electrons. The number of ether oxygens (including phenoxy) is 3. The summed E-state index contributed by atoms with van der Waals surface area (Å²) >= 11 is 0. The first kappa shape index (κ1) is 20.4. The van der Waals surface area contributed by atoms with E-state index in [1.165, 1.54) is 19.3 Å². The summed E-state index contributed by atoms with van der Waals surface area (Å²) < 4.78 is 16.2. The molecule has 0 spiro atoms. The lowest BCUT2D eigenvalue weighted by atomic mass is 9.84. The van der Waals surface area contributed by atoms with Crippen LogP contribution in [0.5, 0.6) is 17.2 Å².